The molecule has 3 N–H and O–H groups in total. The van der Waals surface area contributed by atoms with Gasteiger partial charge in [-0.2, -0.15) is 0 Å². The fraction of sp³-hybridized carbons (Fsp3) is 0.143. The fourth-order valence-electron chi connectivity index (χ4n) is 0.694. The van der Waals surface area contributed by atoms with Crippen LogP contribution in [0.25, 0.3) is 0 Å². The van der Waals surface area contributed by atoms with E-state index in [1.165, 1.54) is 6.92 Å². The van der Waals surface area contributed by atoms with Gasteiger partial charge >= 0.3 is 0 Å². The van der Waals surface area contributed by atoms with E-state index in [0.717, 1.165) is 0 Å². The van der Waals surface area contributed by atoms with Crippen LogP contribution in [0.15, 0.2) is 24.5 Å². The number of amides is 1. The molecule has 1 amide bonds. The molecule has 4 nitrogen and oxygen atoms in total. The zero-order chi connectivity index (χ0) is 8.27. The molecule has 0 saturated carbocycles. The van der Waals surface area contributed by atoms with Crippen molar-refractivity contribution >= 4 is 11.6 Å². The summed E-state index contributed by atoms with van der Waals surface area (Å²) in [5, 5.41) is 0. The quantitative estimate of drug-likeness (QED) is 0.540. The van der Waals surface area contributed by atoms with Crippen LogP contribution >= 0.6 is 0 Å². The van der Waals surface area contributed by atoms with Gasteiger partial charge in [-0.25, -0.2) is 0 Å². The number of hydrogen-bond acceptors (Lipinski definition) is 2. The maximum absolute atomic E-state index is 10.5. The number of rotatable bonds is 1. The Morgan fingerprint density at radius 1 is 1.55 bits per heavy atom. The summed E-state index contributed by atoms with van der Waals surface area (Å²) < 4.78 is 1.54. The van der Waals surface area contributed by atoms with Gasteiger partial charge in [0.15, 0.2) is 0 Å². The Labute approximate surface area is 64.6 Å². The predicted octanol–water partition coefficient (Wildman–Crippen LogP) is -0.354. The molecule has 0 unspecified atom stereocenters. The highest BCUT2D eigenvalue weighted by atomic mass is 16.2. The van der Waals surface area contributed by atoms with Crippen molar-refractivity contribution in [3.8, 4) is 0 Å². The molecule has 1 rings (SSSR count). The first-order valence-corrected chi connectivity index (χ1v) is 3.23. The molecule has 4 heteroatoms. The Hall–Kier alpha value is -1.58. The first kappa shape index (κ1) is 7.53. The van der Waals surface area contributed by atoms with Gasteiger partial charge in [0.25, 0.3) is 5.91 Å². The minimum atomic E-state index is -0.111. The molecule has 0 saturated heterocycles. The Bertz CT molecular complexity index is 255. The Morgan fingerprint density at radius 2 is 2.09 bits per heavy atom. The standard InChI is InChI=1S/C7H9N3O/c1-6(11)9-10-4-2-7(8)3-5-10/h2-5,8H,1H3,(H,9,11)/p+1. The van der Waals surface area contributed by atoms with E-state index in [2.05, 4.69) is 5.43 Å². The molecule has 0 aliphatic carbocycles. The lowest BCUT2D eigenvalue weighted by atomic mass is 10.4. The maximum atomic E-state index is 10.5. The lowest BCUT2D eigenvalue weighted by Crippen LogP contribution is -2.46. The van der Waals surface area contributed by atoms with Gasteiger partial charge < -0.3 is 5.73 Å². The number of pyridine rings is 1. The van der Waals surface area contributed by atoms with Crippen LogP contribution < -0.4 is 15.8 Å². The fourth-order valence-corrected chi connectivity index (χ4v) is 0.694. The largest absolute Gasteiger partial charge is 0.398 e. The topological polar surface area (TPSA) is 59.0 Å². The molecule has 11 heavy (non-hydrogen) atoms. The molecule has 1 aromatic heterocycles. The van der Waals surface area contributed by atoms with Crippen LogP contribution in [0.2, 0.25) is 0 Å². The van der Waals surface area contributed by atoms with Gasteiger partial charge in [-0.15, -0.1) is 5.43 Å². The Balaban J connectivity index is 2.74. The summed E-state index contributed by atoms with van der Waals surface area (Å²) in [7, 11) is 0. The molecule has 0 aromatic carbocycles. The van der Waals surface area contributed by atoms with E-state index in [0.29, 0.717) is 5.69 Å². The van der Waals surface area contributed by atoms with Gasteiger partial charge in [-0.3, -0.25) is 4.79 Å². The molecule has 58 valence electrons. The highest BCUT2D eigenvalue weighted by Crippen LogP contribution is 1.92. The lowest BCUT2D eigenvalue weighted by molar-refractivity contribution is -0.642. The summed E-state index contributed by atoms with van der Waals surface area (Å²) in [5.41, 5.74) is 8.66. The molecule has 0 atom stereocenters. The van der Waals surface area contributed by atoms with Crippen LogP contribution in [-0.2, 0) is 4.79 Å². The normalized spacial score (nSPS) is 9.18. The van der Waals surface area contributed by atoms with Crippen molar-refractivity contribution in [3.63, 3.8) is 0 Å². The summed E-state index contributed by atoms with van der Waals surface area (Å²) in [6.07, 6.45) is 3.35. The van der Waals surface area contributed by atoms with Crippen LogP contribution in [0.1, 0.15) is 6.92 Å². The van der Waals surface area contributed by atoms with Gasteiger partial charge in [-0.1, -0.05) is 4.68 Å². The second kappa shape index (κ2) is 3.01. The van der Waals surface area contributed by atoms with Gasteiger partial charge in [0.05, 0.1) is 0 Å². The zero-order valence-corrected chi connectivity index (χ0v) is 6.24. The highest BCUT2D eigenvalue weighted by molar-refractivity contribution is 5.79. The predicted molar refractivity (Wildman–Crippen MR) is 41.1 cm³/mol. The summed E-state index contributed by atoms with van der Waals surface area (Å²) >= 11 is 0. The smallest absolute Gasteiger partial charge is 0.271 e. The summed E-state index contributed by atoms with van der Waals surface area (Å²) in [6.45, 7) is 1.45. The van der Waals surface area contributed by atoms with E-state index in [1.54, 1.807) is 29.2 Å². The average molecular weight is 152 g/mol. The Kier molecular flexibility index (Phi) is 2.06. The molecule has 0 spiro atoms. The zero-order valence-electron chi connectivity index (χ0n) is 6.24. The number of hydrogen-bond donors (Lipinski definition) is 2. The van der Waals surface area contributed by atoms with Crippen molar-refractivity contribution in [1.29, 1.82) is 0 Å². The van der Waals surface area contributed by atoms with E-state index >= 15 is 0 Å². The van der Waals surface area contributed by atoms with Crippen LogP contribution in [0.3, 0.4) is 0 Å². The molecule has 0 fully saturated rings. The Morgan fingerprint density at radius 3 is 2.55 bits per heavy atom. The first-order chi connectivity index (χ1) is 5.18. The molecular weight excluding hydrogens is 142 g/mol. The molecule has 0 aliphatic heterocycles. The third-order valence-corrected chi connectivity index (χ3v) is 1.14. The number of nitrogen functional groups attached to an aromatic ring is 1. The van der Waals surface area contributed by atoms with Crippen LogP contribution in [0.5, 0.6) is 0 Å². The van der Waals surface area contributed by atoms with E-state index in [4.69, 9.17) is 5.73 Å². The number of aromatic nitrogens is 1. The minimum Gasteiger partial charge on any atom is -0.398 e. The number of carbonyl (C=O) groups is 1. The number of anilines is 1. The number of carbonyl (C=O) groups excluding carboxylic acids is 1. The van der Waals surface area contributed by atoms with Crippen molar-refractivity contribution in [2.45, 2.75) is 6.92 Å². The van der Waals surface area contributed by atoms with Crippen LogP contribution in [-0.4, -0.2) is 5.91 Å². The van der Waals surface area contributed by atoms with E-state index in [9.17, 15) is 4.79 Å². The van der Waals surface area contributed by atoms with Gasteiger partial charge in [0.2, 0.25) is 12.4 Å². The van der Waals surface area contributed by atoms with Crippen molar-refractivity contribution < 1.29 is 9.47 Å². The summed E-state index contributed by atoms with van der Waals surface area (Å²) in [5.74, 6) is -0.111. The van der Waals surface area contributed by atoms with Crippen molar-refractivity contribution in [2.24, 2.45) is 0 Å². The van der Waals surface area contributed by atoms with E-state index in [-0.39, 0.29) is 5.91 Å². The van der Waals surface area contributed by atoms with Gasteiger partial charge in [0.1, 0.15) is 0 Å². The molecule has 1 aromatic rings. The minimum absolute atomic E-state index is 0.111. The van der Waals surface area contributed by atoms with E-state index < -0.39 is 0 Å². The number of nitrogens with one attached hydrogen (secondary N) is 1. The van der Waals surface area contributed by atoms with Crippen molar-refractivity contribution in [1.82, 2.24) is 0 Å². The molecule has 0 radical (unpaired) electrons. The third kappa shape index (κ3) is 2.25. The maximum Gasteiger partial charge on any atom is 0.271 e. The van der Waals surface area contributed by atoms with Crippen LogP contribution in [0, 0.1) is 0 Å². The summed E-state index contributed by atoms with van der Waals surface area (Å²) in [4.78, 5) is 10.5. The van der Waals surface area contributed by atoms with Crippen LogP contribution in [0.4, 0.5) is 5.69 Å². The van der Waals surface area contributed by atoms with Crippen molar-refractivity contribution in [3.05, 3.63) is 24.5 Å². The summed E-state index contributed by atoms with van der Waals surface area (Å²) in [6, 6.07) is 3.41. The lowest BCUT2D eigenvalue weighted by Gasteiger charge is -1.93. The first-order valence-electron chi connectivity index (χ1n) is 3.23. The molecule has 0 aliphatic rings. The SMILES string of the molecule is CC(=O)N[n+]1ccc(N)cc1. The van der Waals surface area contributed by atoms with E-state index in [1.807, 2.05) is 0 Å². The van der Waals surface area contributed by atoms with Gasteiger partial charge in [0, 0.05) is 24.7 Å². The van der Waals surface area contributed by atoms with Gasteiger partial charge in [-0.05, 0) is 0 Å². The highest BCUT2D eigenvalue weighted by Gasteiger charge is 1.99. The average Bonchev–Trinajstić information content (AvgIpc) is 1.93. The monoisotopic (exact) mass is 152 g/mol. The second-order valence-electron chi connectivity index (χ2n) is 2.21. The molecular formula is C7H10N3O+. The number of nitrogens with two attached hydrogens (primary N) is 1. The molecule has 1 heterocycles. The second-order valence-corrected chi connectivity index (χ2v) is 2.21. The third-order valence-electron chi connectivity index (χ3n) is 1.14. The van der Waals surface area contributed by atoms with Crippen molar-refractivity contribution in [2.75, 3.05) is 11.2 Å². The molecule has 0 bridgehead atoms. The number of nitrogens with zero attached hydrogens (tertiary/aromatic N) is 1.